The Balaban J connectivity index is 2.20. The second kappa shape index (κ2) is 5.14. The lowest BCUT2D eigenvalue weighted by atomic mass is 9.79. The summed E-state index contributed by atoms with van der Waals surface area (Å²) in [7, 11) is 0. The average molecular weight is 297 g/mol. The van der Waals surface area contributed by atoms with Crippen LogP contribution in [-0.4, -0.2) is 34.9 Å². The number of aryl methyl sites for hydroxylation is 1. The molecule has 0 aliphatic carbocycles. The van der Waals surface area contributed by atoms with Crippen LogP contribution in [-0.2, 0) is 0 Å². The highest BCUT2D eigenvalue weighted by Crippen LogP contribution is 2.32. The smallest absolute Gasteiger partial charge is 0.283 e. The van der Waals surface area contributed by atoms with Gasteiger partial charge < -0.3 is 10.6 Å². The first-order valence-electron chi connectivity index (χ1n) is 6.52. The lowest BCUT2D eigenvalue weighted by Gasteiger charge is -2.42. The molecule has 2 rings (SSSR count). The molecule has 0 saturated carbocycles. The van der Waals surface area contributed by atoms with Gasteiger partial charge in [-0.3, -0.25) is 14.9 Å². The van der Waals surface area contributed by atoms with Gasteiger partial charge in [-0.15, -0.1) is 11.3 Å². The molecular weight excluding hydrogens is 278 g/mol. The van der Waals surface area contributed by atoms with Gasteiger partial charge in [-0.25, -0.2) is 0 Å². The van der Waals surface area contributed by atoms with Gasteiger partial charge in [0.15, 0.2) is 0 Å². The van der Waals surface area contributed by atoms with Gasteiger partial charge in [0.05, 0.1) is 14.7 Å². The Labute approximate surface area is 121 Å². The number of carbonyl (C=O) groups excluding carboxylic acids is 1. The Morgan fingerprint density at radius 1 is 1.60 bits per heavy atom. The number of piperidine rings is 1. The normalized spacial score (nSPS) is 21.8. The zero-order valence-corrected chi connectivity index (χ0v) is 12.7. The summed E-state index contributed by atoms with van der Waals surface area (Å²) in [6.45, 7) is 6.93. The van der Waals surface area contributed by atoms with Crippen LogP contribution in [0.3, 0.4) is 0 Å². The first kappa shape index (κ1) is 14.9. The van der Waals surface area contributed by atoms with Gasteiger partial charge in [0.2, 0.25) is 0 Å². The van der Waals surface area contributed by atoms with E-state index in [0.29, 0.717) is 22.8 Å². The summed E-state index contributed by atoms with van der Waals surface area (Å²) in [4.78, 5) is 25.6. The molecule has 2 N–H and O–H groups in total. The maximum absolute atomic E-state index is 12.5. The van der Waals surface area contributed by atoms with Crippen molar-refractivity contribution in [3.05, 3.63) is 25.9 Å². The standard InChI is InChI=1S/C13H19N3O3S/c1-8-9(16(18)19)6-10(20-8)12(17)15-5-4-11(14)13(2,3)7-15/h6,11H,4-5,7,14H2,1-3H3. The number of hydrogen-bond acceptors (Lipinski definition) is 5. The van der Waals surface area contributed by atoms with E-state index in [-0.39, 0.29) is 23.1 Å². The van der Waals surface area contributed by atoms with Crippen LogP contribution >= 0.6 is 11.3 Å². The summed E-state index contributed by atoms with van der Waals surface area (Å²) < 4.78 is 0. The molecule has 1 aliphatic heterocycles. The highest BCUT2D eigenvalue weighted by molar-refractivity contribution is 7.14. The summed E-state index contributed by atoms with van der Waals surface area (Å²) in [6, 6.07) is 1.45. The van der Waals surface area contributed by atoms with Crippen molar-refractivity contribution in [2.75, 3.05) is 13.1 Å². The second-order valence-electron chi connectivity index (χ2n) is 5.92. The van der Waals surface area contributed by atoms with E-state index in [1.807, 2.05) is 13.8 Å². The molecule has 1 fully saturated rings. The van der Waals surface area contributed by atoms with E-state index >= 15 is 0 Å². The number of nitrogens with zero attached hydrogens (tertiary/aromatic N) is 2. The molecule has 1 aliphatic rings. The van der Waals surface area contributed by atoms with E-state index < -0.39 is 4.92 Å². The van der Waals surface area contributed by atoms with E-state index in [4.69, 9.17) is 5.73 Å². The van der Waals surface area contributed by atoms with Gasteiger partial charge in [-0.05, 0) is 18.8 Å². The predicted molar refractivity (Wildman–Crippen MR) is 78.0 cm³/mol. The molecule has 1 saturated heterocycles. The highest BCUT2D eigenvalue weighted by atomic mass is 32.1. The van der Waals surface area contributed by atoms with Crippen molar-refractivity contribution >= 4 is 22.9 Å². The lowest BCUT2D eigenvalue weighted by molar-refractivity contribution is -0.385. The third kappa shape index (κ3) is 2.69. The SMILES string of the molecule is Cc1sc(C(=O)N2CCC(N)C(C)(C)C2)cc1[N+](=O)[O-]. The number of nitrogens with two attached hydrogens (primary N) is 1. The monoisotopic (exact) mass is 297 g/mol. The van der Waals surface area contributed by atoms with Crippen molar-refractivity contribution in [2.24, 2.45) is 11.1 Å². The fourth-order valence-corrected chi connectivity index (χ4v) is 3.42. The predicted octanol–water partition coefficient (Wildman–Crippen LogP) is 2.16. The Hall–Kier alpha value is -1.47. The minimum absolute atomic E-state index is 0.0197. The fourth-order valence-electron chi connectivity index (χ4n) is 2.46. The molecule has 0 aromatic carbocycles. The van der Waals surface area contributed by atoms with Crippen LogP contribution in [0.5, 0.6) is 0 Å². The molecule has 1 unspecified atom stereocenters. The molecule has 0 bridgehead atoms. The van der Waals surface area contributed by atoms with Crippen LogP contribution in [0.2, 0.25) is 0 Å². The molecular formula is C13H19N3O3S. The van der Waals surface area contributed by atoms with Gasteiger partial charge in [-0.2, -0.15) is 0 Å². The Bertz CT molecular complexity index is 553. The molecule has 6 nitrogen and oxygen atoms in total. The Morgan fingerprint density at radius 3 is 2.75 bits per heavy atom. The molecule has 2 heterocycles. The largest absolute Gasteiger partial charge is 0.337 e. The van der Waals surface area contributed by atoms with E-state index in [1.54, 1.807) is 11.8 Å². The van der Waals surface area contributed by atoms with Gasteiger partial charge >= 0.3 is 0 Å². The van der Waals surface area contributed by atoms with Crippen molar-refractivity contribution in [1.29, 1.82) is 0 Å². The Morgan fingerprint density at radius 2 is 2.25 bits per heavy atom. The van der Waals surface area contributed by atoms with E-state index in [1.165, 1.54) is 17.4 Å². The minimum Gasteiger partial charge on any atom is -0.337 e. The summed E-state index contributed by atoms with van der Waals surface area (Å²) in [6.07, 6.45) is 0.755. The fraction of sp³-hybridized carbons (Fsp3) is 0.615. The summed E-state index contributed by atoms with van der Waals surface area (Å²) in [5.41, 5.74) is 5.94. The molecule has 110 valence electrons. The first-order valence-corrected chi connectivity index (χ1v) is 7.33. The number of rotatable bonds is 2. The molecule has 1 aromatic heterocycles. The van der Waals surface area contributed by atoms with Crippen LogP contribution in [0.25, 0.3) is 0 Å². The van der Waals surface area contributed by atoms with E-state index in [2.05, 4.69) is 0 Å². The van der Waals surface area contributed by atoms with E-state index in [0.717, 1.165) is 6.42 Å². The Kier molecular flexibility index (Phi) is 3.84. The van der Waals surface area contributed by atoms with Crippen LogP contribution in [0.1, 0.15) is 34.8 Å². The number of amides is 1. The molecule has 7 heteroatoms. The minimum atomic E-state index is -0.446. The average Bonchev–Trinajstić information content (AvgIpc) is 2.74. The van der Waals surface area contributed by atoms with E-state index in [9.17, 15) is 14.9 Å². The van der Waals surface area contributed by atoms with Crippen LogP contribution in [0.15, 0.2) is 6.07 Å². The summed E-state index contributed by atoms with van der Waals surface area (Å²) in [5.74, 6) is -0.133. The van der Waals surface area contributed by atoms with Gasteiger partial charge in [0.1, 0.15) is 0 Å². The summed E-state index contributed by atoms with van der Waals surface area (Å²) in [5, 5.41) is 10.9. The maximum Gasteiger partial charge on any atom is 0.283 e. The lowest BCUT2D eigenvalue weighted by Crippen LogP contribution is -2.53. The van der Waals surface area contributed by atoms with Crippen molar-refractivity contribution in [3.8, 4) is 0 Å². The second-order valence-corrected chi connectivity index (χ2v) is 7.18. The number of hydrogen-bond donors (Lipinski definition) is 1. The molecule has 1 amide bonds. The zero-order valence-electron chi connectivity index (χ0n) is 11.9. The number of likely N-dealkylation sites (tertiary alicyclic amines) is 1. The third-order valence-electron chi connectivity index (χ3n) is 3.90. The van der Waals surface area contributed by atoms with Gasteiger partial charge in [0.25, 0.3) is 11.6 Å². The zero-order chi connectivity index (χ0) is 15.1. The highest BCUT2D eigenvalue weighted by Gasteiger charge is 2.36. The van der Waals surface area contributed by atoms with Crippen LogP contribution < -0.4 is 5.73 Å². The van der Waals surface area contributed by atoms with Gasteiger partial charge in [0, 0.05) is 25.2 Å². The number of nitro groups is 1. The molecule has 20 heavy (non-hydrogen) atoms. The molecule has 1 aromatic rings. The van der Waals surface area contributed by atoms with Crippen molar-refractivity contribution in [2.45, 2.75) is 33.2 Å². The quantitative estimate of drug-likeness (QED) is 0.669. The van der Waals surface area contributed by atoms with Crippen LogP contribution in [0, 0.1) is 22.5 Å². The molecule has 0 radical (unpaired) electrons. The maximum atomic E-state index is 12.5. The van der Waals surface area contributed by atoms with Crippen molar-refractivity contribution < 1.29 is 9.72 Å². The topological polar surface area (TPSA) is 89.5 Å². The molecule has 1 atom stereocenters. The third-order valence-corrected chi connectivity index (χ3v) is 4.93. The van der Waals surface area contributed by atoms with Crippen molar-refractivity contribution in [1.82, 2.24) is 4.90 Å². The van der Waals surface area contributed by atoms with Gasteiger partial charge in [-0.1, -0.05) is 13.8 Å². The van der Waals surface area contributed by atoms with Crippen molar-refractivity contribution in [3.63, 3.8) is 0 Å². The van der Waals surface area contributed by atoms with Crippen LogP contribution in [0.4, 0.5) is 5.69 Å². The first-order chi connectivity index (χ1) is 9.22. The number of carbonyl (C=O) groups is 1. The molecule has 0 spiro atoms. The summed E-state index contributed by atoms with van der Waals surface area (Å²) >= 11 is 1.18. The number of thiophene rings is 1.